The Labute approximate surface area is 166 Å². The minimum absolute atomic E-state index is 0.280. The number of hydrogen-bond donors (Lipinski definition) is 0. The second-order valence-corrected chi connectivity index (χ2v) is 6.02. The molecule has 2 aromatic rings. The molecule has 5 nitrogen and oxygen atoms in total. The van der Waals surface area contributed by atoms with E-state index in [1.165, 1.54) is 24.8 Å². The maximum absolute atomic E-state index is 10.3. The van der Waals surface area contributed by atoms with Gasteiger partial charge in [-0.2, -0.15) is 0 Å². The van der Waals surface area contributed by atoms with Gasteiger partial charge in [-0.1, -0.05) is 46.4 Å². The summed E-state index contributed by atoms with van der Waals surface area (Å²) in [6.07, 6.45) is 5.87. The van der Waals surface area contributed by atoms with E-state index in [4.69, 9.17) is 55.9 Å². The van der Waals surface area contributed by atoms with Gasteiger partial charge in [0.2, 0.25) is 0 Å². The van der Waals surface area contributed by atoms with Crippen LogP contribution in [0.5, 0.6) is 0 Å². The molecule has 0 aliphatic rings. The van der Waals surface area contributed by atoms with Crippen LogP contribution in [0.15, 0.2) is 24.8 Å². The molecule has 9 heteroatoms. The number of pyridine rings is 2. The lowest BCUT2D eigenvalue weighted by molar-refractivity contribution is -0.140. The number of aldehydes is 1. The van der Waals surface area contributed by atoms with Crippen LogP contribution in [0.2, 0.25) is 20.1 Å². The molecule has 0 aromatic carbocycles. The lowest BCUT2D eigenvalue weighted by atomic mass is 10.2. The largest absolute Gasteiger partial charge is 0.349 e. The van der Waals surface area contributed by atoms with Gasteiger partial charge in [0, 0.05) is 43.6 Å². The smallest absolute Gasteiger partial charge is 0.186 e. The average Bonchev–Trinajstić information content (AvgIpc) is 2.56. The van der Waals surface area contributed by atoms with E-state index in [1.54, 1.807) is 0 Å². The van der Waals surface area contributed by atoms with Crippen LogP contribution < -0.4 is 0 Å². The Balaban J connectivity index is 0.000000271. The molecule has 0 N–H and O–H groups in total. The molecule has 2 rings (SSSR count). The van der Waals surface area contributed by atoms with E-state index in [-0.39, 0.29) is 10.0 Å². The van der Waals surface area contributed by atoms with Crippen LogP contribution in [0.25, 0.3) is 0 Å². The summed E-state index contributed by atoms with van der Waals surface area (Å²) in [6.45, 7) is 4.82. The first kappa shape index (κ1) is 22.1. The highest BCUT2D eigenvalue weighted by molar-refractivity contribution is 6.38. The molecule has 25 heavy (non-hydrogen) atoms. The third-order valence-electron chi connectivity index (χ3n) is 2.77. The summed E-state index contributed by atoms with van der Waals surface area (Å²) in [4.78, 5) is 17.8. The van der Waals surface area contributed by atoms with Crippen molar-refractivity contribution in [2.45, 2.75) is 20.1 Å². The maximum atomic E-state index is 10.3. The molecule has 0 unspecified atom stereocenters. The van der Waals surface area contributed by atoms with Crippen LogP contribution in [0.4, 0.5) is 0 Å². The normalized spacial score (nSPS) is 10.4. The zero-order valence-electron chi connectivity index (χ0n) is 13.5. The van der Waals surface area contributed by atoms with Gasteiger partial charge >= 0.3 is 0 Å². The summed E-state index contributed by atoms with van der Waals surface area (Å²) >= 11 is 23.1. The summed E-state index contributed by atoms with van der Waals surface area (Å²) in [5, 5.41) is 1.47. The molecular formula is C16H16Cl4N2O3. The number of ether oxygens (including phenoxy) is 2. The van der Waals surface area contributed by atoms with Crippen LogP contribution in [-0.2, 0) is 9.47 Å². The van der Waals surface area contributed by atoms with Crippen LogP contribution in [0, 0.1) is 0 Å². The number of hydrogen-bond acceptors (Lipinski definition) is 5. The number of nitrogens with zero attached hydrogens (tertiary/aromatic N) is 2. The van der Waals surface area contributed by atoms with Crippen LogP contribution >= 0.6 is 46.4 Å². The molecule has 0 bridgehead atoms. The number of aromatic nitrogens is 2. The predicted octanol–water partition coefficient (Wildman–Crippen LogP) is 5.66. The summed E-state index contributed by atoms with van der Waals surface area (Å²) in [5.41, 5.74) is 0.926. The standard InChI is InChI=1S/C10H13Cl2NO2.C6H3Cl2NO/c1-3-14-10(15-4-2)9-7(11)5-13-6-8(9)12;7-5-1-9-2-6(8)4(5)3-10/h5-6,10H,3-4H2,1-2H3;1-3H. The zero-order chi connectivity index (χ0) is 18.8. The van der Waals surface area contributed by atoms with Gasteiger partial charge in [-0.15, -0.1) is 0 Å². The van der Waals surface area contributed by atoms with E-state index in [1.807, 2.05) is 13.8 Å². The topological polar surface area (TPSA) is 61.3 Å². The maximum Gasteiger partial charge on any atom is 0.186 e. The zero-order valence-corrected chi connectivity index (χ0v) is 16.5. The van der Waals surface area contributed by atoms with Gasteiger partial charge < -0.3 is 9.47 Å². The average molecular weight is 426 g/mol. The summed E-state index contributed by atoms with van der Waals surface area (Å²) < 4.78 is 10.8. The number of rotatable bonds is 6. The Morgan fingerprint density at radius 1 is 0.880 bits per heavy atom. The molecule has 136 valence electrons. The van der Waals surface area contributed by atoms with E-state index >= 15 is 0 Å². The van der Waals surface area contributed by atoms with Crippen molar-refractivity contribution in [2.75, 3.05) is 13.2 Å². The minimum atomic E-state index is -0.525. The fraction of sp³-hybridized carbons (Fsp3) is 0.312. The molecular weight excluding hydrogens is 410 g/mol. The van der Waals surface area contributed by atoms with Crippen molar-refractivity contribution in [3.05, 3.63) is 56.0 Å². The first-order valence-corrected chi connectivity index (χ1v) is 8.73. The van der Waals surface area contributed by atoms with Crippen LogP contribution in [-0.4, -0.2) is 29.5 Å². The second kappa shape index (κ2) is 11.6. The molecule has 0 saturated carbocycles. The van der Waals surface area contributed by atoms with Gasteiger partial charge in [0.25, 0.3) is 0 Å². The third kappa shape index (κ3) is 6.70. The predicted molar refractivity (Wildman–Crippen MR) is 99.9 cm³/mol. The fourth-order valence-electron chi connectivity index (χ4n) is 1.70. The van der Waals surface area contributed by atoms with E-state index in [9.17, 15) is 4.79 Å². The Bertz CT molecular complexity index is 655. The fourth-order valence-corrected chi connectivity index (χ4v) is 2.69. The summed E-state index contributed by atoms with van der Waals surface area (Å²) in [7, 11) is 0. The van der Waals surface area contributed by atoms with Gasteiger partial charge in [-0.05, 0) is 13.8 Å². The molecule has 0 aliphatic heterocycles. The van der Waals surface area contributed by atoms with Crippen molar-refractivity contribution in [2.24, 2.45) is 0 Å². The Morgan fingerprint density at radius 2 is 1.28 bits per heavy atom. The first-order chi connectivity index (χ1) is 12.0. The highest BCUT2D eigenvalue weighted by Crippen LogP contribution is 2.32. The molecule has 0 radical (unpaired) electrons. The lowest BCUT2D eigenvalue weighted by Crippen LogP contribution is -2.10. The first-order valence-electron chi connectivity index (χ1n) is 7.22. The van der Waals surface area contributed by atoms with Crippen LogP contribution in [0.3, 0.4) is 0 Å². The minimum Gasteiger partial charge on any atom is -0.349 e. The molecule has 0 atom stereocenters. The molecule has 0 aliphatic carbocycles. The van der Waals surface area contributed by atoms with E-state index in [0.29, 0.717) is 40.7 Å². The Kier molecular flexibility index (Phi) is 10.3. The monoisotopic (exact) mass is 424 g/mol. The quantitative estimate of drug-likeness (QED) is 0.441. The summed E-state index contributed by atoms with van der Waals surface area (Å²) in [6, 6.07) is 0. The molecule has 0 saturated heterocycles. The van der Waals surface area contributed by atoms with Crippen molar-refractivity contribution < 1.29 is 14.3 Å². The van der Waals surface area contributed by atoms with Gasteiger partial charge in [0.05, 0.1) is 25.7 Å². The second-order valence-electron chi connectivity index (χ2n) is 4.39. The van der Waals surface area contributed by atoms with Gasteiger partial charge in [0.15, 0.2) is 12.6 Å². The lowest BCUT2D eigenvalue weighted by Gasteiger charge is -2.19. The number of halogens is 4. The summed E-state index contributed by atoms with van der Waals surface area (Å²) in [5.74, 6) is 0. The Hall–Kier alpha value is -0.950. The van der Waals surface area contributed by atoms with E-state index < -0.39 is 6.29 Å². The highest BCUT2D eigenvalue weighted by atomic mass is 35.5. The number of carbonyl (C=O) groups excluding carboxylic acids is 1. The van der Waals surface area contributed by atoms with Gasteiger partial charge in [-0.25, -0.2) is 0 Å². The van der Waals surface area contributed by atoms with Crippen molar-refractivity contribution in [3.63, 3.8) is 0 Å². The molecule has 0 fully saturated rings. The van der Waals surface area contributed by atoms with Crippen molar-refractivity contribution >= 4 is 52.7 Å². The van der Waals surface area contributed by atoms with Gasteiger partial charge in [-0.3, -0.25) is 14.8 Å². The van der Waals surface area contributed by atoms with Crippen LogP contribution in [0.1, 0.15) is 36.1 Å². The van der Waals surface area contributed by atoms with E-state index in [2.05, 4.69) is 9.97 Å². The number of carbonyl (C=O) groups is 1. The Morgan fingerprint density at radius 3 is 1.60 bits per heavy atom. The SMILES string of the molecule is CCOC(OCC)c1c(Cl)cncc1Cl.O=Cc1c(Cl)cncc1Cl. The molecule has 0 spiro atoms. The van der Waals surface area contributed by atoms with Crippen molar-refractivity contribution in [3.8, 4) is 0 Å². The molecule has 0 amide bonds. The van der Waals surface area contributed by atoms with Gasteiger partial charge in [0.1, 0.15) is 0 Å². The van der Waals surface area contributed by atoms with Crippen molar-refractivity contribution in [1.29, 1.82) is 0 Å². The molecule has 2 heterocycles. The van der Waals surface area contributed by atoms with Crippen molar-refractivity contribution in [1.82, 2.24) is 9.97 Å². The third-order valence-corrected chi connectivity index (χ3v) is 3.98. The highest BCUT2D eigenvalue weighted by Gasteiger charge is 2.18. The molecule has 2 aromatic heterocycles. The van der Waals surface area contributed by atoms with E-state index in [0.717, 1.165) is 0 Å².